The third kappa shape index (κ3) is 6.17. The molecule has 1 atom stereocenters. The number of carbonyl (C=O) groups is 2. The Morgan fingerprint density at radius 3 is 2.44 bits per heavy atom. The predicted molar refractivity (Wildman–Crippen MR) is 159 cm³/mol. The van der Waals surface area contributed by atoms with Crippen LogP contribution in [-0.4, -0.2) is 53.2 Å². The molecule has 41 heavy (non-hydrogen) atoms. The summed E-state index contributed by atoms with van der Waals surface area (Å²) in [6.07, 6.45) is 3.09. The summed E-state index contributed by atoms with van der Waals surface area (Å²) in [5, 5.41) is 8.18. The number of sulfone groups is 1. The average Bonchev–Trinajstić information content (AvgIpc) is 3.51. The zero-order chi connectivity index (χ0) is 29.1. The summed E-state index contributed by atoms with van der Waals surface area (Å²) >= 11 is 0. The molecule has 3 heterocycles. The molecule has 10 heteroatoms. The number of ether oxygens (including phenoxy) is 1. The van der Waals surface area contributed by atoms with Gasteiger partial charge in [-0.1, -0.05) is 44.5 Å². The quantitative estimate of drug-likeness (QED) is 0.206. The molecule has 1 unspecified atom stereocenters. The number of esters is 1. The summed E-state index contributed by atoms with van der Waals surface area (Å²) in [7, 11) is -3.16. The van der Waals surface area contributed by atoms with E-state index in [0.717, 1.165) is 24.8 Å². The zero-order valence-electron chi connectivity index (χ0n) is 23.5. The molecule has 0 saturated carbocycles. The van der Waals surface area contributed by atoms with Gasteiger partial charge >= 0.3 is 5.97 Å². The van der Waals surface area contributed by atoms with Crippen molar-refractivity contribution in [3.8, 4) is 11.3 Å². The lowest BCUT2D eigenvalue weighted by atomic mass is 10.0. The molecule has 214 valence electrons. The number of nitrogens with zero attached hydrogens (tertiary/aromatic N) is 3. The van der Waals surface area contributed by atoms with Gasteiger partial charge in [0, 0.05) is 11.3 Å². The lowest BCUT2D eigenvalue weighted by Crippen LogP contribution is -2.15. The number of amides is 1. The van der Waals surface area contributed by atoms with Gasteiger partial charge in [0.2, 0.25) is 0 Å². The Hall–Kier alpha value is -4.05. The van der Waals surface area contributed by atoms with E-state index < -0.39 is 15.8 Å². The number of aromatic nitrogens is 3. The second kappa shape index (κ2) is 11.8. The number of hydrogen-bond donors (Lipinski definition) is 1. The van der Waals surface area contributed by atoms with Crippen LogP contribution in [0.1, 0.15) is 71.1 Å². The smallest absolute Gasteiger partial charge is 0.338 e. The monoisotopic (exact) mass is 574 g/mol. The summed E-state index contributed by atoms with van der Waals surface area (Å²) < 4.78 is 31.5. The second-order valence-electron chi connectivity index (χ2n) is 10.4. The number of unbranched alkanes of at least 4 members (excludes halogenated alkanes) is 1. The Labute approximate surface area is 239 Å². The summed E-state index contributed by atoms with van der Waals surface area (Å²) in [6.45, 7) is 6.28. The van der Waals surface area contributed by atoms with Crippen LogP contribution in [0.25, 0.3) is 22.3 Å². The highest BCUT2D eigenvalue weighted by molar-refractivity contribution is 7.91. The average molecular weight is 575 g/mol. The topological polar surface area (TPSA) is 120 Å². The van der Waals surface area contributed by atoms with Crippen LogP contribution in [0, 0.1) is 6.92 Å². The van der Waals surface area contributed by atoms with E-state index in [1.54, 1.807) is 41.9 Å². The molecule has 5 rings (SSSR count). The lowest BCUT2D eigenvalue weighted by molar-refractivity contribution is 0.0499. The molecule has 0 spiro atoms. The number of fused-ring (bicyclic) bond motifs is 1. The Kier molecular flexibility index (Phi) is 8.21. The Bertz CT molecular complexity index is 1690. The van der Waals surface area contributed by atoms with Gasteiger partial charge in [0.25, 0.3) is 5.91 Å². The Morgan fingerprint density at radius 2 is 1.80 bits per heavy atom. The van der Waals surface area contributed by atoms with Crippen molar-refractivity contribution in [2.45, 2.75) is 52.5 Å². The number of carbonyl (C=O) groups excluding carboxylic acids is 2. The number of anilines is 1. The van der Waals surface area contributed by atoms with E-state index in [-0.39, 0.29) is 23.5 Å². The molecule has 1 fully saturated rings. The molecule has 1 aliphatic heterocycles. The summed E-state index contributed by atoms with van der Waals surface area (Å²) in [5.74, 6) is -0.660. The maximum Gasteiger partial charge on any atom is 0.338 e. The maximum atomic E-state index is 13.7. The lowest BCUT2D eigenvalue weighted by Gasteiger charge is -2.13. The minimum Gasteiger partial charge on any atom is -0.462 e. The van der Waals surface area contributed by atoms with Crippen LogP contribution in [0.5, 0.6) is 0 Å². The van der Waals surface area contributed by atoms with Gasteiger partial charge in [0.1, 0.15) is 0 Å². The van der Waals surface area contributed by atoms with Gasteiger partial charge in [-0.25, -0.2) is 22.9 Å². The van der Waals surface area contributed by atoms with Crippen molar-refractivity contribution in [2.24, 2.45) is 0 Å². The van der Waals surface area contributed by atoms with E-state index in [1.165, 1.54) is 5.56 Å². The van der Waals surface area contributed by atoms with Gasteiger partial charge in [-0.2, -0.15) is 5.10 Å². The predicted octanol–water partition coefficient (Wildman–Crippen LogP) is 5.54. The maximum absolute atomic E-state index is 13.7. The van der Waals surface area contributed by atoms with Crippen molar-refractivity contribution in [3.63, 3.8) is 0 Å². The van der Waals surface area contributed by atoms with Crippen LogP contribution >= 0.6 is 0 Å². The molecule has 1 aliphatic rings. The third-order valence-corrected chi connectivity index (χ3v) is 9.15. The highest BCUT2D eigenvalue weighted by Gasteiger charge is 2.32. The molecule has 1 amide bonds. The minimum absolute atomic E-state index is 0.00488. The summed E-state index contributed by atoms with van der Waals surface area (Å²) in [4.78, 5) is 30.9. The van der Waals surface area contributed by atoms with Crippen LogP contribution < -0.4 is 5.32 Å². The number of aryl methyl sites for hydroxylation is 2. The zero-order valence-corrected chi connectivity index (χ0v) is 24.3. The van der Waals surface area contributed by atoms with Crippen molar-refractivity contribution >= 4 is 38.4 Å². The highest BCUT2D eigenvalue weighted by atomic mass is 32.2. The van der Waals surface area contributed by atoms with Crippen molar-refractivity contribution < 1.29 is 22.7 Å². The number of nitrogens with one attached hydrogen (secondary N) is 1. The van der Waals surface area contributed by atoms with Crippen LogP contribution in [0.4, 0.5) is 5.69 Å². The number of rotatable bonds is 9. The van der Waals surface area contributed by atoms with Crippen molar-refractivity contribution in [1.29, 1.82) is 0 Å². The highest BCUT2D eigenvalue weighted by Crippen LogP contribution is 2.32. The first kappa shape index (κ1) is 28.5. The van der Waals surface area contributed by atoms with E-state index in [2.05, 4.69) is 17.3 Å². The number of benzene rings is 2. The van der Waals surface area contributed by atoms with Crippen LogP contribution in [0.15, 0.2) is 54.6 Å². The first-order valence-electron chi connectivity index (χ1n) is 14.0. The molecule has 9 nitrogen and oxygen atoms in total. The fraction of sp³-hybridized carbons (Fsp3) is 0.355. The fourth-order valence-corrected chi connectivity index (χ4v) is 6.75. The molecule has 0 radical (unpaired) electrons. The van der Waals surface area contributed by atoms with Crippen LogP contribution in [0.3, 0.4) is 0 Å². The van der Waals surface area contributed by atoms with Gasteiger partial charge in [0.15, 0.2) is 15.5 Å². The SMILES string of the molecule is CCCCOC(=O)c1ccc(NC(=O)c2cc(-c3ccc(CC)cc3)nc3c2c(C)nn3C2CCS(=O)(=O)C2)cc1. The van der Waals surface area contributed by atoms with Gasteiger partial charge in [-0.3, -0.25) is 4.79 Å². The second-order valence-corrected chi connectivity index (χ2v) is 12.6. The molecule has 0 aliphatic carbocycles. The van der Waals surface area contributed by atoms with Gasteiger partial charge < -0.3 is 10.1 Å². The van der Waals surface area contributed by atoms with Gasteiger partial charge in [-0.05, 0) is 62.1 Å². The van der Waals surface area contributed by atoms with E-state index in [0.29, 0.717) is 52.3 Å². The first-order chi connectivity index (χ1) is 19.7. The molecule has 1 N–H and O–H groups in total. The van der Waals surface area contributed by atoms with E-state index in [9.17, 15) is 18.0 Å². The van der Waals surface area contributed by atoms with E-state index in [1.807, 2.05) is 31.2 Å². The molecule has 4 aromatic rings. The van der Waals surface area contributed by atoms with Gasteiger partial charge in [0.05, 0.1) is 52.1 Å². The molecule has 2 aromatic heterocycles. The first-order valence-corrected chi connectivity index (χ1v) is 15.8. The minimum atomic E-state index is -3.16. The van der Waals surface area contributed by atoms with Crippen LogP contribution in [0.2, 0.25) is 0 Å². The summed E-state index contributed by atoms with van der Waals surface area (Å²) in [5.41, 5.74) is 5.01. The molecular weight excluding hydrogens is 540 g/mol. The molecule has 1 saturated heterocycles. The Morgan fingerprint density at radius 1 is 1.07 bits per heavy atom. The summed E-state index contributed by atoms with van der Waals surface area (Å²) in [6, 6.07) is 16.0. The normalized spacial score (nSPS) is 16.1. The standard InChI is InChI=1S/C31H34N4O5S/c1-4-6-16-40-31(37)23-11-13-24(14-12-23)32-30(36)26-18-27(22-9-7-21(5-2)8-10-22)33-29-28(26)20(3)34-35(29)25-15-17-41(38,39)19-25/h7-14,18,25H,4-6,15-17,19H2,1-3H3,(H,32,36). The van der Waals surface area contributed by atoms with Crippen molar-refractivity contribution in [1.82, 2.24) is 14.8 Å². The largest absolute Gasteiger partial charge is 0.462 e. The third-order valence-electron chi connectivity index (χ3n) is 7.40. The van der Waals surface area contributed by atoms with E-state index >= 15 is 0 Å². The molecular formula is C31H34N4O5S. The van der Waals surface area contributed by atoms with Crippen LogP contribution in [-0.2, 0) is 21.0 Å². The molecule has 0 bridgehead atoms. The van der Waals surface area contributed by atoms with Crippen molar-refractivity contribution in [2.75, 3.05) is 23.4 Å². The van der Waals surface area contributed by atoms with Crippen molar-refractivity contribution in [3.05, 3.63) is 77.0 Å². The Balaban J connectivity index is 1.51. The number of pyridine rings is 1. The fourth-order valence-electron chi connectivity index (χ4n) is 5.05. The number of hydrogen-bond acceptors (Lipinski definition) is 7. The van der Waals surface area contributed by atoms with E-state index in [4.69, 9.17) is 9.72 Å². The van der Waals surface area contributed by atoms with Gasteiger partial charge in [-0.15, -0.1) is 0 Å². The molecule has 2 aromatic carbocycles.